The van der Waals surface area contributed by atoms with Gasteiger partial charge >= 0.3 is 0 Å². The second kappa shape index (κ2) is 6.22. The number of hydrogen-bond acceptors (Lipinski definition) is 3. The first-order chi connectivity index (χ1) is 9.83. The van der Waals surface area contributed by atoms with Crippen LogP contribution in [0.1, 0.15) is 24.8 Å². The van der Waals surface area contributed by atoms with Crippen molar-refractivity contribution in [3.8, 4) is 0 Å². The number of hydrogen-bond donors (Lipinski definition) is 0. The molecule has 0 unspecified atom stereocenters. The molecule has 0 aliphatic carbocycles. The molecular formula is C15H19N3OS. The van der Waals surface area contributed by atoms with Crippen LogP contribution in [0.5, 0.6) is 0 Å². The van der Waals surface area contributed by atoms with Crippen LogP contribution in [0.25, 0.3) is 0 Å². The molecule has 3 rings (SSSR count). The molecule has 1 fully saturated rings. The summed E-state index contributed by atoms with van der Waals surface area (Å²) in [6.07, 6.45) is 7.42. The molecule has 0 radical (unpaired) electrons. The van der Waals surface area contributed by atoms with Crippen molar-refractivity contribution in [1.82, 2.24) is 14.7 Å². The van der Waals surface area contributed by atoms with Crippen molar-refractivity contribution in [2.75, 3.05) is 6.54 Å². The molecule has 4 nitrogen and oxygen atoms in total. The Morgan fingerprint density at radius 2 is 2.45 bits per heavy atom. The molecule has 20 heavy (non-hydrogen) atoms. The van der Waals surface area contributed by atoms with E-state index in [2.05, 4.69) is 21.9 Å². The monoisotopic (exact) mass is 289 g/mol. The number of carbonyl (C=O) groups is 1. The van der Waals surface area contributed by atoms with Gasteiger partial charge in [-0.05, 0) is 47.7 Å². The van der Waals surface area contributed by atoms with Crippen molar-refractivity contribution in [3.05, 3.63) is 40.8 Å². The second-order valence-corrected chi connectivity index (χ2v) is 6.02. The van der Waals surface area contributed by atoms with E-state index >= 15 is 0 Å². The predicted octanol–water partition coefficient (Wildman–Crippen LogP) is 2.57. The average molecular weight is 289 g/mol. The van der Waals surface area contributed by atoms with Gasteiger partial charge in [-0.25, -0.2) is 0 Å². The van der Waals surface area contributed by atoms with Gasteiger partial charge < -0.3 is 4.90 Å². The zero-order valence-corrected chi connectivity index (χ0v) is 12.3. The van der Waals surface area contributed by atoms with Crippen LogP contribution in [0.2, 0.25) is 0 Å². The molecule has 0 bridgehead atoms. The quantitative estimate of drug-likeness (QED) is 0.848. The average Bonchev–Trinajstić information content (AvgIpc) is 3.19. The number of carbonyl (C=O) groups excluding carboxylic acids is 1. The van der Waals surface area contributed by atoms with Crippen LogP contribution >= 0.6 is 11.3 Å². The molecule has 1 aliphatic heterocycles. The van der Waals surface area contributed by atoms with Crippen molar-refractivity contribution in [3.63, 3.8) is 0 Å². The third kappa shape index (κ3) is 3.10. The highest BCUT2D eigenvalue weighted by Crippen LogP contribution is 2.20. The molecule has 0 N–H and O–H groups in total. The molecule has 3 heterocycles. The SMILES string of the molecule is O=C(CCc1ccsc1)N1CCC[C@H]1Cn1cccn1. The van der Waals surface area contributed by atoms with Crippen LogP contribution in [-0.4, -0.2) is 33.2 Å². The maximum atomic E-state index is 12.4. The summed E-state index contributed by atoms with van der Waals surface area (Å²) in [7, 11) is 0. The highest BCUT2D eigenvalue weighted by molar-refractivity contribution is 7.07. The molecule has 0 aromatic carbocycles. The first kappa shape index (κ1) is 13.4. The standard InChI is InChI=1S/C15H19N3OS/c19-15(5-4-13-6-10-20-12-13)18-9-1-3-14(18)11-17-8-2-7-16-17/h2,6-8,10,12,14H,1,3-5,9,11H2/t14-/m0/s1. The van der Waals surface area contributed by atoms with E-state index < -0.39 is 0 Å². The zero-order valence-electron chi connectivity index (χ0n) is 11.4. The lowest BCUT2D eigenvalue weighted by molar-refractivity contribution is -0.132. The number of thiophene rings is 1. The summed E-state index contributed by atoms with van der Waals surface area (Å²) in [6, 6.07) is 4.34. The van der Waals surface area contributed by atoms with E-state index in [1.807, 2.05) is 21.8 Å². The number of likely N-dealkylation sites (tertiary alicyclic amines) is 1. The van der Waals surface area contributed by atoms with Crippen LogP contribution in [0.3, 0.4) is 0 Å². The summed E-state index contributed by atoms with van der Waals surface area (Å²) in [4.78, 5) is 14.4. The Hall–Kier alpha value is -1.62. The number of nitrogens with zero attached hydrogens (tertiary/aromatic N) is 3. The normalized spacial score (nSPS) is 18.6. The summed E-state index contributed by atoms with van der Waals surface area (Å²) in [5.74, 6) is 0.283. The predicted molar refractivity (Wildman–Crippen MR) is 79.6 cm³/mol. The minimum Gasteiger partial charge on any atom is -0.338 e. The number of amides is 1. The van der Waals surface area contributed by atoms with Crippen LogP contribution in [0, 0.1) is 0 Å². The Morgan fingerprint density at radius 3 is 3.20 bits per heavy atom. The topological polar surface area (TPSA) is 38.1 Å². The van der Waals surface area contributed by atoms with Crippen LogP contribution < -0.4 is 0 Å². The van der Waals surface area contributed by atoms with E-state index in [0.717, 1.165) is 32.4 Å². The first-order valence-electron chi connectivity index (χ1n) is 7.11. The number of rotatable bonds is 5. The lowest BCUT2D eigenvalue weighted by atomic mass is 10.1. The third-order valence-electron chi connectivity index (χ3n) is 3.86. The van der Waals surface area contributed by atoms with Gasteiger partial charge in [-0.15, -0.1) is 0 Å². The Kier molecular flexibility index (Phi) is 4.16. The van der Waals surface area contributed by atoms with E-state index in [9.17, 15) is 4.79 Å². The molecular weight excluding hydrogens is 270 g/mol. The van der Waals surface area contributed by atoms with E-state index in [1.165, 1.54) is 5.56 Å². The fraction of sp³-hybridized carbons (Fsp3) is 0.467. The second-order valence-electron chi connectivity index (χ2n) is 5.24. The van der Waals surface area contributed by atoms with Gasteiger partial charge in [-0.1, -0.05) is 0 Å². The largest absolute Gasteiger partial charge is 0.338 e. The summed E-state index contributed by atoms with van der Waals surface area (Å²) in [5.41, 5.74) is 1.27. The van der Waals surface area contributed by atoms with E-state index in [4.69, 9.17) is 0 Å². The molecule has 1 saturated heterocycles. The van der Waals surface area contributed by atoms with Gasteiger partial charge in [0.15, 0.2) is 0 Å². The molecule has 106 valence electrons. The minimum atomic E-state index is 0.283. The smallest absolute Gasteiger partial charge is 0.223 e. The molecule has 0 spiro atoms. The maximum absolute atomic E-state index is 12.4. The van der Waals surface area contributed by atoms with Gasteiger partial charge in [0.1, 0.15) is 0 Å². The molecule has 1 atom stereocenters. The molecule has 0 saturated carbocycles. The number of aromatic nitrogens is 2. The Balaban J connectivity index is 1.55. The molecule has 1 amide bonds. The van der Waals surface area contributed by atoms with Gasteiger partial charge in [0, 0.05) is 25.4 Å². The molecule has 5 heteroatoms. The van der Waals surface area contributed by atoms with Crippen molar-refractivity contribution in [2.45, 2.75) is 38.3 Å². The Labute approximate surface area is 123 Å². The van der Waals surface area contributed by atoms with Crippen molar-refractivity contribution in [2.24, 2.45) is 0 Å². The zero-order chi connectivity index (χ0) is 13.8. The van der Waals surface area contributed by atoms with Crippen LogP contribution in [-0.2, 0) is 17.8 Å². The highest BCUT2D eigenvalue weighted by atomic mass is 32.1. The van der Waals surface area contributed by atoms with Gasteiger partial charge in [-0.2, -0.15) is 16.4 Å². The fourth-order valence-corrected chi connectivity index (χ4v) is 3.51. The summed E-state index contributed by atoms with van der Waals surface area (Å²) in [5, 5.41) is 8.43. The summed E-state index contributed by atoms with van der Waals surface area (Å²) in [6.45, 7) is 1.71. The van der Waals surface area contributed by atoms with E-state index in [1.54, 1.807) is 17.5 Å². The maximum Gasteiger partial charge on any atom is 0.223 e. The Bertz CT molecular complexity index is 535. The summed E-state index contributed by atoms with van der Waals surface area (Å²) >= 11 is 1.69. The van der Waals surface area contributed by atoms with Crippen LogP contribution in [0.4, 0.5) is 0 Å². The lowest BCUT2D eigenvalue weighted by Crippen LogP contribution is -2.38. The molecule has 2 aromatic heterocycles. The van der Waals surface area contributed by atoms with Crippen molar-refractivity contribution in [1.29, 1.82) is 0 Å². The molecule has 2 aromatic rings. The third-order valence-corrected chi connectivity index (χ3v) is 4.59. The van der Waals surface area contributed by atoms with Gasteiger partial charge in [0.05, 0.1) is 12.6 Å². The number of aryl methyl sites for hydroxylation is 1. The van der Waals surface area contributed by atoms with Gasteiger partial charge in [-0.3, -0.25) is 9.48 Å². The Morgan fingerprint density at radius 1 is 1.50 bits per heavy atom. The van der Waals surface area contributed by atoms with E-state index in [0.29, 0.717) is 12.5 Å². The van der Waals surface area contributed by atoms with Crippen molar-refractivity contribution < 1.29 is 4.79 Å². The molecule has 1 aliphatic rings. The first-order valence-corrected chi connectivity index (χ1v) is 8.05. The van der Waals surface area contributed by atoms with Gasteiger partial charge in [0.2, 0.25) is 5.91 Å². The lowest BCUT2D eigenvalue weighted by Gasteiger charge is -2.24. The van der Waals surface area contributed by atoms with Gasteiger partial charge in [0.25, 0.3) is 0 Å². The van der Waals surface area contributed by atoms with Crippen LogP contribution in [0.15, 0.2) is 35.3 Å². The van der Waals surface area contributed by atoms with E-state index in [-0.39, 0.29) is 5.91 Å². The summed E-state index contributed by atoms with van der Waals surface area (Å²) < 4.78 is 1.93. The minimum absolute atomic E-state index is 0.283. The fourth-order valence-electron chi connectivity index (χ4n) is 2.81. The van der Waals surface area contributed by atoms with Crippen molar-refractivity contribution >= 4 is 17.2 Å². The highest BCUT2D eigenvalue weighted by Gasteiger charge is 2.28.